The van der Waals surface area contributed by atoms with Crippen LogP contribution >= 0.6 is 37.9 Å². The zero-order valence-electron chi connectivity index (χ0n) is 9.45. The molecule has 92 valence electrons. The van der Waals surface area contributed by atoms with Crippen LogP contribution < -0.4 is 0 Å². The Labute approximate surface area is 110 Å². The molecule has 0 aromatic rings. The predicted octanol–water partition coefficient (Wildman–Crippen LogP) is 4.91. The summed E-state index contributed by atoms with van der Waals surface area (Å²) in [5.74, 6) is 0. The molecule has 0 aliphatic heterocycles. The fourth-order valence-corrected chi connectivity index (χ4v) is 1.86. The van der Waals surface area contributed by atoms with Gasteiger partial charge in [0.2, 0.25) is 0 Å². The zero-order valence-corrected chi connectivity index (χ0v) is 12.1. The van der Waals surface area contributed by atoms with Crippen LogP contribution in [0.15, 0.2) is 0 Å². The molecule has 4 heteroatoms. The van der Waals surface area contributed by atoms with Crippen LogP contribution in [0.4, 0.5) is 4.39 Å². The van der Waals surface area contributed by atoms with Crippen molar-refractivity contribution in [3.63, 3.8) is 0 Å². The van der Waals surface area contributed by atoms with Crippen molar-refractivity contribution in [3.05, 3.63) is 0 Å². The van der Waals surface area contributed by atoms with Gasteiger partial charge in [-0.15, -0.1) is 37.9 Å². The maximum Gasteiger partial charge on any atom is 0.132 e. The Morgan fingerprint density at radius 1 is 0.933 bits per heavy atom. The molecule has 0 amide bonds. The van der Waals surface area contributed by atoms with Crippen molar-refractivity contribution in [1.29, 1.82) is 0 Å². The van der Waals surface area contributed by atoms with Gasteiger partial charge in [0.25, 0.3) is 0 Å². The predicted molar refractivity (Wildman–Crippen MR) is 77.2 cm³/mol. The van der Waals surface area contributed by atoms with Crippen LogP contribution in [0.1, 0.15) is 58.3 Å². The Balaban J connectivity index is 3.24. The lowest BCUT2D eigenvalue weighted by atomic mass is 10.1. The number of rotatable bonds is 9. The lowest BCUT2D eigenvalue weighted by Crippen LogP contribution is -2.20. The van der Waals surface area contributed by atoms with Gasteiger partial charge in [-0.2, -0.15) is 0 Å². The molecule has 0 N–H and O–H groups in total. The van der Waals surface area contributed by atoms with Gasteiger partial charge in [0.1, 0.15) is 9.58 Å². The van der Waals surface area contributed by atoms with Gasteiger partial charge >= 0.3 is 0 Å². The summed E-state index contributed by atoms with van der Waals surface area (Å²) in [4.78, 5) is 0. The molecular weight excluding hydrogens is 247 g/mol. The monoisotopic (exact) mass is 270 g/mol. The summed E-state index contributed by atoms with van der Waals surface area (Å²) in [6.45, 7) is 2.21. The Bertz CT molecular complexity index is 145. The highest BCUT2D eigenvalue weighted by Crippen LogP contribution is 2.33. The highest BCUT2D eigenvalue weighted by atomic mass is 32.2. The van der Waals surface area contributed by atoms with Gasteiger partial charge in [0.15, 0.2) is 0 Å². The van der Waals surface area contributed by atoms with Gasteiger partial charge in [0.05, 0.1) is 0 Å². The van der Waals surface area contributed by atoms with E-state index >= 15 is 0 Å². The number of halogens is 1. The van der Waals surface area contributed by atoms with E-state index in [1.165, 1.54) is 32.1 Å². The quantitative estimate of drug-likeness (QED) is 0.296. The molecule has 15 heavy (non-hydrogen) atoms. The summed E-state index contributed by atoms with van der Waals surface area (Å²) in [6, 6.07) is 0. The Kier molecular flexibility index (Phi) is 9.65. The highest BCUT2D eigenvalue weighted by molar-refractivity contribution is 8.17. The minimum absolute atomic E-state index is 0.518. The molecule has 0 spiro atoms. The van der Waals surface area contributed by atoms with Crippen LogP contribution in [-0.2, 0) is 0 Å². The van der Waals surface area contributed by atoms with E-state index in [2.05, 4.69) is 44.8 Å². The first kappa shape index (κ1) is 16.0. The Morgan fingerprint density at radius 3 is 1.87 bits per heavy atom. The van der Waals surface area contributed by atoms with E-state index in [1.807, 2.05) is 0 Å². The first-order chi connectivity index (χ1) is 6.98. The molecule has 0 saturated carbocycles. The molecule has 0 aliphatic rings. The molecule has 0 radical (unpaired) electrons. The summed E-state index contributed by atoms with van der Waals surface area (Å²) in [6.07, 6.45) is 7.89. The van der Waals surface area contributed by atoms with Crippen molar-refractivity contribution in [2.75, 3.05) is 0 Å². The molecule has 0 aliphatic carbocycles. The fourth-order valence-electron chi connectivity index (χ4n) is 1.47. The first-order valence-corrected chi connectivity index (χ1v) is 7.13. The van der Waals surface area contributed by atoms with Crippen molar-refractivity contribution in [3.8, 4) is 0 Å². The summed E-state index contributed by atoms with van der Waals surface area (Å²) in [7, 11) is 0. The van der Waals surface area contributed by atoms with Crippen molar-refractivity contribution >= 4 is 37.9 Å². The first-order valence-electron chi connectivity index (χ1n) is 5.79. The molecule has 0 aromatic heterocycles. The van der Waals surface area contributed by atoms with E-state index in [4.69, 9.17) is 0 Å². The van der Waals surface area contributed by atoms with E-state index in [1.54, 1.807) is 0 Å². The number of thiol groups is 3. The topological polar surface area (TPSA) is 0 Å². The molecule has 0 fully saturated rings. The van der Waals surface area contributed by atoms with Crippen LogP contribution in [0.2, 0.25) is 0 Å². The third kappa shape index (κ3) is 9.88. The summed E-state index contributed by atoms with van der Waals surface area (Å²) < 4.78 is 12.2. The minimum Gasteiger partial charge on any atom is -0.244 e. The maximum atomic E-state index is 13.3. The van der Waals surface area contributed by atoms with Gasteiger partial charge in [-0.25, -0.2) is 4.39 Å². The second kappa shape index (κ2) is 9.06. The zero-order chi connectivity index (χ0) is 11.7. The summed E-state index contributed by atoms with van der Waals surface area (Å²) >= 11 is 11.9. The van der Waals surface area contributed by atoms with Gasteiger partial charge in [-0.1, -0.05) is 51.9 Å². The molecule has 1 atom stereocenters. The number of alkyl halides is 1. The van der Waals surface area contributed by atoms with E-state index in [0.29, 0.717) is 6.42 Å². The normalized spacial score (nSPS) is 14.2. The van der Waals surface area contributed by atoms with Gasteiger partial charge in [-0.05, 0) is 6.42 Å². The lowest BCUT2D eigenvalue weighted by Gasteiger charge is -2.20. The van der Waals surface area contributed by atoms with Crippen molar-refractivity contribution in [2.45, 2.75) is 67.9 Å². The molecule has 1 unspecified atom stereocenters. The second-order valence-corrected chi connectivity index (χ2v) is 7.24. The van der Waals surface area contributed by atoms with Gasteiger partial charge in [-0.3, -0.25) is 0 Å². The van der Waals surface area contributed by atoms with E-state index in [0.717, 1.165) is 12.8 Å². The Hall–Kier alpha value is 0.980. The van der Waals surface area contributed by atoms with Crippen LogP contribution in [-0.4, -0.2) is 9.58 Å². The van der Waals surface area contributed by atoms with Crippen molar-refractivity contribution in [2.24, 2.45) is 0 Å². The summed E-state index contributed by atoms with van der Waals surface area (Å²) in [5.41, 5.74) is 0. The van der Waals surface area contributed by atoms with E-state index in [-0.39, 0.29) is 0 Å². The largest absolute Gasteiger partial charge is 0.244 e. The third-order valence-electron chi connectivity index (χ3n) is 2.48. The molecule has 0 rings (SSSR count). The molecule has 0 aromatic carbocycles. The summed E-state index contributed by atoms with van der Waals surface area (Å²) in [5, 5.41) is 0. The van der Waals surface area contributed by atoms with Gasteiger partial charge < -0.3 is 0 Å². The van der Waals surface area contributed by atoms with Crippen LogP contribution in [0.3, 0.4) is 0 Å². The molecular formula is C11H23FS3. The van der Waals surface area contributed by atoms with Crippen molar-refractivity contribution in [1.82, 2.24) is 0 Å². The molecule has 0 bridgehead atoms. The van der Waals surface area contributed by atoms with Crippen LogP contribution in [0.25, 0.3) is 0 Å². The number of hydrogen-bond donors (Lipinski definition) is 3. The number of unbranched alkanes of at least 4 members (excludes halogenated alkanes) is 6. The fraction of sp³-hybridized carbons (Fsp3) is 1.00. The third-order valence-corrected chi connectivity index (χ3v) is 3.32. The molecule has 0 saturated heterocycles. The maximum absolute atomic E-state index is 13.3. The Morgan fingerprint density at radius 2 is 1.40 bits per heavy atom. The van der Waals surface area contributed by atoms with Crippen LogP contribution in [0, 0.1) is 0 Å². The standard InChI is InChI=1S/C11H23FS3/c1-2-3-4-5-6-7-8-9-10(12)11(13,14)15/h10,13-15H,2-9H2,1H3. The smallest absolute Gasteiger partial charge is 0.132 e. The lowest BCUT2D eigenvalue weighted by molar-refractivity contribution is 0.318. The SMILES string of the molecule is CCCCCCCCCC(F)C(S)(S)S. The average molecular weight is 271 g/mol. The minimum atomic E-state index is -1.08. The van der Waals surface area contributed by atoms with Crippen LogP contribution in [0.5, 0.6) is 0 Å². The highest BCUT2D eigenvalue weighted by Gasteiger charge is 2.26. The second-order valence-electron chi connectivity index (χ2n) is 4.06. The van der Waals surface area contributed by atoms with E-state index < -0.39 is 9.58 Å². The molecule has 0 heterocycles. The van der Waals surface area contributed by atoms with E-state index in [9.17, 15) is 4.39 Å². The van der Waals surface area contributed by atoms with Gasteiger partial charge in [0, 0.05) is 0 Å². The number of hydrogen-bond acceptors (Lipinski definition) is 3. The average Bonchev–Trinajstić information content (AvgIpc) is 2.14. The molecule has 0 nitrogen and oxygen atoms in total. The van der Waals surface area contributed by atoms with Crippen molar-refractivity contribution < 1.29 is 4.39 Å².